The highest BCUT2D eigenvalue weighted by Crippen LogP contribution is 2.20. The molecular weight excluding hydrogens is 462 g/mol. The monoisotopic (exact) mass is 491 g/mol. The van der Waals surface area contributed by atoms with Crippen LogP contribution in [-0.4, -0.2) is 44.3 Å². The van der Waals surface area contributed by atoms with Crippen molar-refractivity contribution in [1.82, 2.24) is 10.2 Å². The number of nitrogens with zero attached hydrogens (tertiary/aromatic N) is 1. The zero-order valence-electron chi connectivity index (χ0n) is 19.4. The summed E-state index contributed by atoms with van der Waals surface area (Å²) in [7, 11) is -3.74. The molecule has 1 aliphatic heterocycles. The summed E-state index contributed by atoms with van der Waals surface area (Å²) in [5, 5.41) is 3.09. The molecule has 2 N–H and O–H groups in total. The molecular formula is C27H29N3O4S. The van der Waals surface area contributed by atoms with E-state index in [-0.39, 0.29) is 22.8 Å². The molecule has 35 heavy (non-hydrogen) atoms. The standard InChI is InChI=1S/C27H29N3O4S/c31-26(15-14-21-8-3-1-4-9-21)28-23-16-18-30(19-17-23)27(32)22-10-7-11-24(20-22)29-35(33,34)25-12-5-2-6-13-25/h1-13,20,23,29H,14-19H2,(H,28,31). The van der Waals surface area contributed by atoms with Crippen molar-refractivity contribution in [3.8, 4) is 0 Å². The largest absolute Gasteiger partial charge is 0.353 e. The zero-order chi connectivity index (χ0) is 24.7. The summed E-state index contributed by atoms with van der Waals surface area (Å²) in [6.45, 7) is 1.06. The Balaban J connectivity index is 1.29. The summed E-state index contributed by atoms with van der Waals surface area (Å²) in [4.78, 5) is 27.3. The maximum atomic E-state index is 13.0. The molecule has 3 aromatic rings. The summed E-state index contributed by atoms with van der Waals surface area (Å²) in [5.41, 5.74) is 1.89. The van der Waals surface area contributed by atoms with Gasteiger partial charge in [0.1, 0.15) is 0 Å². The second kappa shape index (κ2) is 11.2. The Bertz CT molecular complexity index is 1260. The van der Waals surface area contributed by atoms with Crippen LogP contribution in [0.4, 0.5) is 5.69 Å². The van der Waals surface area contributed by atoms with Crippen molar-refractivity contribution in [3.05, 3.63) is 96.1 Å². The summed E-state index contributed by atoms with van der Waals surface area (Å²) >= 11 is 0. The first-order valence-corrected chi connectivity index (χ1v) is 13.2. The fourth-order valence-corrected chi connectivity index (χ4v) is 5.21. The first kappa shape index (κ1) is 24.5. The summed E-state index contributed by atoms with van der Waals surface area (Å²) < 4.78 is 27.7. The lowest BCUT2D eigenvalue weighted by Crippen LogP contribution is -2.46. The maximum Gasteiger partial charge on any atom is 0.261 e. The van der Waals surface area contributed by atoms with Crippen LogP contribution in [-0.2, 0) is 21.2 Å². The van der Waals surface area contributed by atoms with Crippen LogP contribution in [0, 0.1) is 0 Å². The number of carbonyl (C=O) groups is 2. The van der Waals surface area contributed by atoms with Gasteiger partial charge >= 0.3 is 0 Å². The van der Waals surface area contributed by atoms with Gasteiger partial charge in [0, 0.05) is 36.8 Å². The van der Waals surface area contributed by atoms with E-state index in [0.717, 1.165) is 5.56 Å². The fraction of sp³-hybridized carbons (Fsp3) is 0.259. The second-order valence-electron chi connectivity index (χ2n) is 8.62. The molecule has 0 aliphatic carbocycles. The average Bonchev–Trinajstić information content (AvgIpc) is 2.88. The molecule has 1 heterocycles. The predicted molar refractivity (Wildman–Crippen MR) is 136 cm³/mol. The molecule has 0 spiro atoms. The van der Waals surface area contributed by atoms with E-state index in [1.165, 1.54) is 12.1 Å². The molecule has 4 rings (SSSR count). The van der Waals surface area contributed by atoms with Crippen molar-refractivity contribution in [3.63, 3.8) is 0 Å². The maximum absolute atomic E-state index is 13.0. The van der Waals surface area contributed by atoms with Crippen molar-refractivity contribution in [2.24, 2.45) is 0 Å². The van der Waals surface area contributed by atoms with E-state index in [0.29, 0.717) is 50.0 Å². The number of aryl methyl sites for hydroxylation is 1. The number of rotatable bonds is 8. The highest BCUT2D eigenvalue weighted by Gasteiger charge is 2.25. The molecule has 0 bridgehead atoms. The molecule has 1 fully saturated rings. The van der Waals surface area contributed by atoms with Crippen molar-refractivity contribution >= 4 is 27.5 Å². The van der Waals surface area contributed by atoms with E-state index in [1.54, 1.807) is 47.4 Å². The Kier molecular flexibility index (Phi) is 7.82. The number of amides is 2. The first-order valence-electron chi connectivity index (χ1n) is 11.7. The number of piperidine rings is 1. The van der Waals surface area contributed by atoms with Crippen molar-refractivity contribution in [2.45, 2.75) is 36.6 Å². The minimum Gasteiger partial charge on any atom is -0.353 e. The van der Waals surface area contributed by atoms with Gasteiger partial charge in [0.05, 0.1) is 4.90 Å². The Morgan fingerprint density at radius 3 is 2.20 bits per heavy atom. The van der Waals surface area contributed by atoms with Crippen molar-refractivity contribution in [2.75, 3.05) is 17.8 Å². The van der Waals surface area contributed by atoms with Gasteiger partial charge in [-0.3, -0.25) is 14.3 Å². The van der Waals surface area contributed by atoms with Crippen molar-refractivity contribution in [1.29, 1.82) is 0 Å². The summed E-state index contributed by atoms with van der Waals surface area (Å²) in [5.74, 6) is -0.128. The van der Waals surface area contributed by atoms with Gasteiger partial charge in [-0.2, -0.15) is 0 Å². The van der Waals surface area contributed by atoms with Gasteiger partial charge in [0.15, 0.2) is 0 Å². The molecule has 8 heteroatoms. The van der Waals surface area contributed by atoms with E-state index in [2.05, 4.69) is 10.0 Å². The predicted octanol–water partition coefficient (Wildman–Crippen LogP) is 3.84. The van der Waals surface area contributed by atoms with Gasteiger partial charge in [0.2, 0.25) is 5.91 Å². The minimum atomic E-state index is -3.74. The van der Waals surface area contributed by atoms with Crippen LogP contribution in [0.25, 0.3) is 0 Å². The van der Waals surface area contributed by atoms with Crippen LogP contribution in [0.15, 0.2) is 89.8 Å². The molecule has 0 saturated carbocycles. The molecule has 3 aromatic carbocycles. The van der Waals surface area contributed by atoms with E-state index >= 15 is 0 Å². The summed E-state index contributed by atoms with van der Waals surface area (Å²) in [6.07, 6.45) is 2.51. The first-order chi connectivity index (χ1) is 16.9. The van der Waals surface area contributed by atoms with Crippen LogP contribution in [0.1, 0.15) is 35.2 Å². The number of sulfonamides is 1. The number of hydrogen-bond donors (Lipinski definition) is 2. The van der Waals surface area contributed by atoms with Gasteiger partial charge in [-0.25, -0.2) is 8.42 Å². The minimum absolute atomic E-state index is 0.0250. The van der Waals surface area contributed by atoms with Gasteiger partial charge in [-0.1, -0.05) is 54.6 Å². The molecule has 0 unspecified atom stereocenters. The Labute approximate surface area is 206 Å². The van der Waals surface area contributed by atoms with E-state index in [9.17, 15) is 18.0 Å². The number of likely N-dealkylation sites (tertiary alicyclic amines) is 1. The van der Waals surface area contributed by atoms with Gasteiger partial charge in [-0.15, -0.1) is 0 Å². The quantitative estimate of drug-likeness (QED) is 0.501. The topological polar surface area (TPSA) is 95.6 Å². The number of benzene rings is 3. The highest BCUT2D eigenvalue weighted by atomic mass is 32.2. The molecule has 0 atom stereocenters. The fourth-order valence-electron chi connectivity index (χ4n) is 4.14. The van der Waals surface area contributed by atoms with E-state index < -0.39 is 10.0 Å². The molecule has 2 amide bonds. The highest BCUT2D eigenvalue weighted by molar-refractivity contribution is 7.92. The van der Waals surface area contributed by atoms with Crippen LogP contribution in [0.5, 0.6) is 0 Å². The average molecular weight is 492 g/mol. The van der Waals surface area contributed by atoms with E-state index in [1.807, 2.05) is 30.3 Å². The normalized spacial score (nSPS) is 14.3. The van der Waals surface area contributed by atoms with Crippen LogP contribution >= 0.6 is 0 Å². The van der Waals surface area contributed by atoms with Crippen molar-refractivity contribution < 1.29 is 18.0 Å². The number of anilines is 1. The van der Waals surface area contributed by atoms with Gasteiger partial charge in [0.25, 0.3) is 15.9 Å². The third kappa shape index (κ3) is 6.70. The van der Waals surface area contributed by atoms with Crippen LogP contribution in [0.3, 0.4) is 0 Å². The summed E-state index contributed by atoms with van der Waals surface area (Å²) in [6, 6.07) is 24.6. The molecule has 0 radical (unpaired) electrons. The van der Waals surface area contributed by atoms with Crippen LogP contribution in [0.2, 0.25) is 0 Å². The number of carbonyl (C=O) groups excluding carboxylic acids is 2. The third-order valence-electron chi connectivity index (χ3n) is 6.05. The van der Waals surface area contributed by atoms with Crippen LogP contribution < -0.4 is 10.0 Å². The SMILES string of the molecule is O=C(CCc1ccccc1)NC1CCN(C(=O)c2cccc(NS(=O)(=O)c3ccccc3)c2)CC1. The van der Waals surface area contributed by atoms with Gasteiger partial charge < -0.3 is 10.2 Å². The number of nitrogens with one attached hydrogen (secondary N) is 2. The number of hydrogen-bond acceptors (Lipinski definition) is 4. The molecule has 0 aromatic heterocycles. The molecule has 1 saturated heterocycles. The second-order valence-corrected chi connectivity index (χ2v) is 10.3. The van der Waals surface area contributed by atoms with E-state index in [4.69, 9.17) is 0 Å². The zero-order valence-corrected chi connectivity index (χ0v) is 20.2. The molecule has 7 nitrogen and oxygen atoms in total. The molecule has 182 valence electrons. The lowest BCUT2D eigenvalue weighted by molar-refractivity contribution is -0.122. The lowest BCUT2D eigenvalue weighted by Gasteiger charge is -2.32. The lowest BCUT2D eigenvalue weighted by atomic mass is 10.0. The third-order valence-corrected chi connectivity index (χ3v) is 7.44. The van der Waals surface area contributed by atoms with Gasteiger partial charge in [-0.05, 0) is 55.2 Å². The Morgan fingerprint density at radius 1 is 0.857 bits per heavy atom. The smallest absolute Gasteiger partial charge is 0.261 e. The Hall–Kier alpha value is -3.65. The molecule has 1 aliphatic rings. The Morgan fingerprint density at radius 2 is 1.51 bits per heavy atom.